The molecule has 0 spiro atoms. The van der Waals surface area contributed by atoms with Crippen molar-refractivity contribution in [3.63, 3.8) is 0 Å². The fourth-order valence-corrected chi connectivity index (χ4v) is 3.68. The number of hydrogen-bond donors (Lipinski definition) is 4. The molecule has 4 rings (SSSR count). The van der Waals surface area contributed by atoms with Gasteiger partial charge in [0, 0.05) is 42.7 Å². The summed E-state index contributed by atoms with van der Waals surface area (Å²) in [6, 6.07) is 8.45. The number of para-hydroxylation sites is 1. The number of aromatic amines is 1. The highest BCUT2D eigenvalue weighted by Crippen LogP contribution is 2.30. The van der Waals surface area contributed by atoms with E-state index in [9.17, 15) is 4.79 Å². The zero-order valence-corrected chi connectivity index (χ0v) is 16.3. The van der Waals surface area contributed by atoms with Gasteiger partial charge < -0.3 is 20.9 Å². The van der Waals surface area contributed by atoms with Gasteiger partial charge in [-0.25, -0.2) is 4.98 Å². The molecule has 3 aromatic rings. The quantitative estimate of drug-likeness (QED) is 0.467. The summed E-state index contributed by atoms with van der Waals surface area (Å²) >= 11 is 0. The van der Waals surface area contributed by atoms with Crippen LogP contribution in [0.25, 0.3) is 10.9 Å². The lowest BCUT2D eigenvalue weighted by molar-refractivity contribution is -0.127. The van der Waals surface area contributed by atoms with Crippen molar-refractivity contribution in [3.05, 3.63) is 47.8 Å². The average Bonchev–Trinajstić information content (AvgIpc) is 3.13. The Labute approximate surface area is 169 Å². The van der Waals surface area contributed by atoms with Crippen LogP contribution in [0.2, 0.25) is 0 Å². The normalized spacial score (nSPS) is 17.9. The van der Waals surface area contributed by atoms with Crippen molar-refractivity contribution >= 4 is 28.6 Å². The van der Waals surface area contributed by atoms with Crippen LogP contribution in [-0.4, -0.2) is 40.5 Å². The van der Waals surface area contributed by atoms with Crippen molar-refractivity contribution in [3.8, 4) is 12.3 Å². The maximum atomic E-state index is 11.7. The van der Waals surface area contributed by atoms with Crippen LogP contribution in [0.5, 0.6) is 0 Å². The number of fused-ring (bicyclic) bond motifs is 1. The molecule has 0 unspecified atom stereocenters. The van der Waals surface area contributed by atoms with Crippen LogP contribution < -0.4 is 16.0 Å². The van der Waals surface area contributed by atoms with Gasteiger partial charge in [-0.05, 0) is 30.9 Å². The molecule has 2 aromatic heterocycles. The molecule has 1 amide bonds. The maximum absolute atomic E-state index is 11.7. The number of terminal acetylenes is 1. The minimum atomic E-state index is 0.0578. The van der Waals surface area contributed by atoms with E-state index in [1.54, 1.807) is 13.2 Å². The number of anilines is 2. The molecule has 7 nitrogen and oxygen atoms in total. The number of benzene rings is 1. The molecule has 29 heavy (non-hydrogen) atoms. The van der Waals surface area contributed by atoms with Gasteiger partial charge in [-0.15, -0.1) is 6.42 Å². The fraction of sp³-hybridized carbons (Fsp3) is 0.318. The van der Waals surface area contributed by atoms with Gasteiger partial charge in [0.1, 0.15) is 5.82 Å². The number of rotatable bonds is 7. The molecule has 0 aliphatic heterocycles. The van der Waals surface area contributed by atoms with Crippen molar-refractivity contribution < 1.29 is 4.79 Å². The first kappa shape index (κ1) is 18.8. The van der Waals surface area contributed by atoms with E-state index >= 15 is 0 Å². The Morgan fingerprint density at radius 1 is 1.34 bits per heavy atom. The predicted molar refractivity (Wildman–Crippen MR) is 115 cm³/mol. The van der Waals surface area contributed by atoms with Crippen LogP contribution in [0.4, 0.5) is 11.8 Å². The van der Waals surface area contributed by atoms with E-state index in [1.165, 1.54) is 10.9 Å². The molecule has 1 saturated carbocycles. The Morgan fingerprint density at radius 2 is 2.17 bits per heavy atom. The highest BCUT2D eigenvalue weighted by atomic mass is 16.1. The van der Waals surface area contributed by atoms with E-state index < -0.39 is 0 Å². The molecular formula is C22H24N6O. The van der Waals surface area contributed by atoms with E-state index in [0.29, 0.717) is 23.9 Å². The summed E-state index contributed by atoms with van der Waals surface area (Å²) in [7, 11) is 1.66. The van der Waals surface area contributed by atoms with Gasteiger partial charge >= 0.3 is 0 Å². The molecule has 4 N–H and O–H groups in total. The van der Waals surface area contributed by atoms with E-state index in [1.807, 2.05) is 18.3 Å². The van der Waals surface area contributed by atoms with Crippen molar-refractivity contribution in [2.24, 2.45) is 5.92 Å². The van der Waals surface area contributed by atoms with Crippen LogP contribution in [0, 0.1) is 18.3 Å². The highest BCUT2D eigenvalue weighted by molar-refractivity contribution is 5.83. The van der Waals surface area contributed by atoms with Crippen LogP contribution in [0.15, 0.2) is 36.7 Å². The van der Waals surface area contributed by atoms with Crippen LogP contribution in [0.1, 0.15) is 24.0 Å². The summed E-state index contributed by atoms with van der Waals surface area (Å²) < 4.78 is 0. The molecule has 1 aliphatic rings. The van der Waals surface area contributed by atoms with Crippen LogP contribution >= 0.6 is 0 Å². The van der Waals surface area contributed by atoms with Crippen LogP contribution in [0.3, 0.4) is 0 Å². The number of carbonyl (C=O) groups excluding carboxylic acids is 1. The molecule has 0 radical (unpaired) electrons. The Morgan fingerprint density at radius 3 is 2.97 bits per heavy atom. The second kappa shape index (κ2) is 8.23. The molecule has 1 aromatic carbocycles. The second-order valence-corrected chi connectivity index (χ2v) is 7.26. The number of carbonyl (C=O) groups is 1. The first-order valence-corrected chi connectivity index (χ1v) is 9.78. The molecule has 2 heterocycles. The highest BCUT2D eigenvalue weighted by Gasteiger charge is 2.34. The number of nitrogens with zero attached hydrogens (tertiary/aromatic N) is 2. The number of hydrogen-bond acceptors (Lipinski definition) is 5. The second-order valence-electron chi connectivity index (χ2n) is 7.26. The molecular weight excluding hydrogens is 364 g/mol. The predicted octanol–water partition coefficient (Wildman–Crippen LogP) is 2.53. The summed E-state index contributed by atoms with van der Waals surface area (Å²) in [4.78, 5) is 23.8. The molecule has 7 heteroatoms. The fourth-order valence-electron chi connectivity index (χ4n) is 3.68. The van der Waals surface area contributed by atoms with Gasteiger partial charge in [0.2, 0.25) is 11.9 Å². The lowest BCUT2D eigenvalue weighted by atomic mass is 9.79. The number of nitrogens with one attached hydrogen (secondary N) is 4. The molecule has 0 atom stereocenters. The number of amides is 1. The van der Waals surface area contributed by atoms with E-state index in [-0.39, 0.29) is 17.9 Å². The van der Waals surface area contributed by atoms with Crippen molar-refractivity contribution in [2.75, 3.05) is 24.2 Å². The lowest BCUT2D eigenvalue weighted by Gasteiger charge is -2.35. The summed E-state index contributed by atoms with van der Waals surface area (Å²) in [5.41, 5.74) is 3.01. The third kappa shape index (κ3) is 4.02. The molecule has 1 aliphatic carbocycles. The zero-order chi connectivity index (χ0) is 20.2. The molecule has 1 fully saturated rings. The summed E-state index contributed by atoms with van der Waals surface area (Å²) in [5.74, 6) is 3.94. The monoisotopic (exact) mass is 388 g/mol. The van der Waals surface area contributed by atoms with Gasteiger partial charge in [-0.3, -0.25) is 4.79 Å². The molecule has 148 valence electrons. The minimum Gasteiger partial charge on any atom is -0.366 e. The standard InChI is InChI=1S/C22H24N6O/c1-3-14-12-26-22(28-20(14)27-17-10-16(11-17)21(29)23-2)24-9-8-15-13-25-19-7-5-4-6-18(15)19/h1,4-7,12-13,16-17,25H,8-11H2,2H3,(H,23,29)(H2,24,26,27,28). The summed E-state index contributed by atoms with van der Waals surface area (Å²) in [5, 5.41) is 10.6. The number of aromatic nitrogens is 3. The lowest BCUT2D eigenvalue weighted by Crippen LogP contribution is -2.43. The molecule has 0 saturated heterocycles. The van der Waals surface area contributed by atoms with E-state index in [4.69, 9.17) is 6.42 Å². The summed E-state index contributed by atoms with van der Waals surface area (Å²) in [6.07, 6.45) is 11.7. The first-order valence-electron chi connectivity index (χ1n) is 9.78. The van der Waals surface area contributed by atoms with Crippen molar-refractivity contribution in [2.45, 2.75) is 25.3 Å². The van der Waals surface area contributed by atoms with Crippen LogP contribution in [-0.2, 0) is 11.2 Å². The smallest absolute Gasteiger partial charge is 0.224 e. The largest absolute Gasteiger partial charge is 0.366 e. The Bertz CT molecular complexity index is 1060. The topological polar surface area (TPSA) is 94.7 Å². The first-order chi connectivity index (χ1) is 14.2. The van der Waals surface area contributed by atoms with Gasteiger partial charge in [-0.2, -0.15) is 4.98 Å². The minimum absolute atomic E-state index is 0.0578. The third-order valence-corrected chi connectivity index (χ3v) is 5.39. The SMILES string of the molecule is C#Cc1cnc(NCCc2c[nH]c3ccccc23)nc1NC1CC(C(=O)NC)C1. The number of H-pyrrole nitrogens is 1. The van der Waals surface area contributed by atoms with Crippen molar-refractivity contribution in [1.82, 2.24) is 20.3 Å². The zero-order valence-electron chi connectivity index (χ0n) is 16.3. The maximum Gasteiger partial charge on any atom is 0.224 e. The van der Waals surface area contributed by atoms with Gasteiger partial charge in [0.05, 0.1) is 11.8 Å². The van der Waals surface area contributed by atoms with E-state index in [0.717, 1.165) is 24.8 Å². The van der Waals surface area contributed by atoms with Gasteiger partial charge in [-0.1, -0.05) is 24.1 Å². The Hall–Kier alpha value is -3.53. The average molecular weight is 388 g/mol. The third-order valence-electron chi connectivity index (χ3n) is 5.39. The van der Waals surface area contributed by atoms with E-state index in [2.05, 4.69) is 49.0 Å². The van der Waals surface area contributed by atoms with Gasteiger partial charge in [0.15, 0.2) is 0 Å². The Kier molecular flexibility index (Phi) is 5.34. The summed E-state index contributed by atoms with van der Waals surface area (Å²) in [6.45, 7) is 0.707. The Balaban J connectivity index is 1.37. The molecule has 0 bridgehead atoms. The van der Waals surface area contributed by atoms with Crippen molar-refractivity contribution in [1.29, 1.82) is 0 Å². The van der Waals surface area contributed by atoms with Gasteiger partial charge in [0.25, 0.3) is 0 Å².